The maximum atomic E-state index is 12.3. The number of nitrogens with one attached hydrogen (secondary N) is 3. The number of halogens is 1. The summed E-state index contributed by atoms with van der Waals surface area (Å²) in [6.07, 6.45) is 1.48. The molecule has 0 aliphatic carbocycles. The zero-order chi connectivity index (χ0) is 21.3. The number of urea groups is 1. The van der Waals surface area contributed by atoms with Crippen LogP contribution in [0.5, 0.6) is 0 Å². The Morgan fingerprint density at radius 3 is 2.77 bits per heavy atom. The molecule has 0 saturated carbocycles. The van der Waals surface area contributed by atoms with E-state index in [9.17, 15) is 9.90 Å². The number of likely N-dealkylation sites (tertiary alicyclic amines) is 1. The Bertz CT molecular complexity index is 867. The molecule has 1 atom stereocenters. The van der Waals surface area contributed by atoms with E-state index in [1.165, 1.54) is 11.3 Å². The Hall–Kier alpha value is -2.29. The summed E-state index contributed by atoms with van der Waals surface area (Å²) in [5.41, 5.74) is 1.75. The van der Waals surface area contributed by atoms with Crippen molar-refractivity contribution in [3.63, 3.8) is 0 Å². The largest absolute Gasteiger partial charge is 0.386 e. The van der Waals surface area contributed by atoms with Gasteiger partial charge in [0.05, 0.1) is 10.9 Å². The van der Waals surface area contributed by atoms with Gasteiger partial charge in [0, 0.05) is 36.7 Å². The van der Waals surface area contributed by atoms with Crippen LogP contribution in [0.2, 0.25) is 4.34 Å². The number of amides is 2. The highest BCUT2D eigenvalue weighted by Crippen LogP contribution is 2.26. The van der Waals surface area contributed by atoms with E-state index < -0.39 is 6.10 Å². The Labute approximate surface area is 186 Å². The number of carbonyl (C=O) groups excluding carboxylic acids is 1. The number of anilines is 1. The highest BCUT2D eigenvalue weighted by Gasteiger charge is 2.17. The number of rotatable bonds is 7. The maximum absolute atomic E-state index is 12.3. The molecular weight excluding hydrogens is 422 g/mol. The third kappa shape index (κ3) is 6.62. The zero-order valence-corrected chi connectivity index (χ0v) is 18.6. The van der Waals surface area contributed by atoms with Crippen molar-refractivity contribution in [2.45, 2.75) is 32.4 Å². The predicted molar refractivity (Wildman–Crippen MR) is 123 cm³/mol. The lowest BCUT2D eigenvalue weighted by Gasteiger charge is -2.16. The molecule has 4 N–H and O–H groups in total. The number of aliphatic hydroxyl groups is 1. The molecule has 9 heteroatoms. The third-order valence-electron chi connectivity index (χ3n) is 4.72. The second kappa shape index (κ2) is 11.2. The van der Waals surface area contributed by atoms with E-state index in [0.29, 0.717) is 29.9 Å². The smallest absolute Gasteiger partial charge is 0.321 e. The first-order valence-corrected chi connectivity index (χ1v) is 11.3. The summed E-state index contributed by atoms with van der Waals surface area (Å²) in [6, 6.07) is 11.3. The minimum absolute atomic E-state index is 0.0502. The van der Waals surface area contributed by atoms with E-state index in [0.717, 1.165) is 42.1 Å². The zero-order valence-electron chi connectivity index (χ0n) is 17.0. The van der Waals surface area contributed by atoms with Gasteiger partial charge in [-0.25, -0.2) is 9.79 Å². The molecule has 2 heterocycles. The molecule has 3 rings (SSSR count). The highest BCUT2D eigenvalue weighted by atomic mass is 35.5. The standard InChI is InChI=1S/C21H28ClN5O2S/c1-2-23-20(25-14-17(28)18-8-9-19(22)30-18)24-13-15-6-5-7-16(12-15)26-21(29)27-10-3-4-11-27/h5-9,12,17,28H,2-4,10-11,13-14H2,1H3,(H,26,29)(H2,23,24,25). The summed E-state index contributed by atoms with van der Waals surface area (Å²) in [5, 5.41) is 19.6. The van der Waals surface area contributed by atoms with Crippen molar-refractivity contribution in [2.24, 2.45) is 4.99 Å². The van der Waals surface area contributed by atoms with Gasteiger partial charge in [-0.1, -0.05) is 23.7 Å². The molecule has 1 fully saturated rings. The van der Waals surface area contributed by atoms with E-state index in [4.69, 9.17) is 11.6 Å². The van der Waals surface area contributed by atoms with Gasteiger partial charge < -0.3 is 26.0 Å². The normalized spacial score (nSPS) is 15.2. The molecule has 1 aliphatic rings. The summed E-state index contributed by atoms with van der Waals surface area (Å²) >= 11 is 7.30. The number of carbonyl (C=O) groups is 1. The van der Waals surface area contributed by atoms with Crippen LogP contribution in [0.25, 0.3) is 0 Å². The number of benzene rings is 1. The van der Waals surface area contributed by atoms with Crippen molar-refractivity contribution in [1.82, 2.24) is 15.5 Å². The molecule has 0 bridgehead atoms. The van der Waals surface area contributed by atoms with Crippen LogP contribution in [0.1, 0.15) is 36.3 Å². The van der Waals surface area contributed by atoms with Crippen molar-refractivity contribution in [3.8, 4) is 0 Å². The first-order valence-electron chi connectivity index (χ1n) is 10.2. The van der Waals surface area contributed by atoms with Gasteiger partial charge in [-0.3, -0.25) is 0 Å². The van der Waals surface area contributed by atoms with Crippen molar-refractivity contribution in [1.29, 1.82) is 0 Å². The molecule has 30 heavy (non-hydrogen) atoms. The Balaban J connectivity index is 1.56. The molecule has 0 radical (unpaired) electrons. The number of hydrogen-bond donors (Lipinski definition) is 4. The maximum Gasteiger partial charge on any atom is 0.321 e. The molecule has 1 saturated heterocycles. The van der Waals surface area contributed by atoms with Crippen molar-refractivity contribution < 1.29 is 9.90 Å². The number of guanidine groups is 1. The minimum Gasteiger partial charge on any atom is -0.386 e. The molecule has 1 aromatic heterocycles. The van der Waals surface area contributed by atoms with Gasteiger partial charge in [0.25, 0.3) is 0 Å². The first kappa shape index (κ1) is 22.4. The third-order valence-corrected chi connectivity index (χ3v) is 6.05. The van der Waals surface area contributed by atoms with Crippen molar-refractivity contribution >= 4 is 40.6 Å². The number of aliphatic imine (C=N–C) groups is 1. The Morgan fingerprint density at radius 1 is 1.27 bits per heavy atom. The monoisotopic (exact) mass is 449 g/mol. The SMILES string of the molecule is CCNC(=NCc1cccc(NC(=O)N2CCCC2)c1)NCC(O)c1ccc(Cl)s1. The fourth-order valence-electron chi connectivity index (χ4n) is 3.18. The van der Waals surface area contributed by atoms with Crippen LogP contribution in [0.4, 0.5) is 10.5 Å². The fraction of sp³-hybridized carbons (Fsp3) is 0.429. The summed E-state index contributed by atoms with van der Waals surface area (Å²) in [4.78, 5) is 19.5. The lowest BCUT2D eigenvalue weighted by atomic mass is 10.2. The van der Waals surface area contributed by atoms with Gasteiger partial charge in [-0.15, -0.1) is 11.3 Å². The van der Waals surface area contributed by atoms with Crippen LogP contribution >= 0.6 is 22.9 Å². The van der Waals surface area contributed by atoms with Crippen molar-refractivity contribution in [2.75, 3.05) is 31.5 Å². The van der Waals surface area contributed by atoms with Crippen molar-refractivity contribution in [3.05, 3.63) is 51.2 Å². The molecule has 7 nitrogen and oxygen atoms in total. The summed E-state index contributed by atoms with van der Waals surface area (Å²) in [7, 11) is 0. The van der Waals surface area contributed by atoms with Crippen LogP contribution in [0.3, 0.4) is 0 Å². The van der Waals surface area contributed by atoms with Crippen LogP contribution < -0.4 is 16.0 Å². The lowest BCUT2D eigenvalue weighted by Crippen LogP contribution is -2.39. The van der Waals surface area contributed by atoms with Crippen LogP contribution in [0.15, 0.2) is 41.4 Å². The van der Waals surface area contributed by atoms with Crippen LogP contribution in [-0.2, 0) is 6.54 Å². The second-order valence-electron chi connectivity index (χ2n) is 7.06. The van der Waals surface area contributed by atoms with Crippen LogP contribution in [0, 0.1) is 0 Å². The van der Waals surface area contributed by atoms with E-state index >= 15 is 0 Å². The summed E-state index contributed by atoms with van der Waals surface area (Å²) < 4.78 is 0.654. The molecule has 1 aromatic carbocycles. The average molecular weight is 450 g/mol. The molecule has 2 aromatic rings. The van der Waals surface area contributed by atoms with Gasteiger partial charge in [0.1, 0.15) is 6.10 Å². The quantitative estimate of drug-likeness (QED) is 0.382. The van der Waals surface area contributed by atoms with Crippen LogP contribution in [-0.4, -0.2) is 48.2 Å². The van der Waals surface area contributed by atoms with Gasteiger partial charge in [-0.05, 0) is 49.6 Å². The number of thiophene rings is 1. The molecule has 1 aliphatic heterocycles. The summed E-state index contributed by atoms with van der Waals surface area (Å²) in [6.45, 7) is 5.10. The predicted octanol–water partition coefficient (Wildman–Crippen LogP) is 3.82. The Kier molecular flexibility index (Phi) is 8.36. The average Bonchev–Trinajstić information content (AvgIpc) is 3.42. The lowest BCUT2D eigenvalue weighted by molar-refractivity contribution is 0.184. The summed E-state index contributed by atoms with van der Waals surface area (Å²) in [5.74, 6) is 0.616. The van der Waals surface area contributed by atoms with E-state index in [2.05, 4.69) is 20.9 Å². The Morgan fingerprint density at radius 2 is 2.07 bits per heavy atom. The van der Waals surface area contributed by atoms with E-state index in [1.807, 2.05) is 42.2 Å². The molecular formula is C21H28ClN5O2S. The minimum atomic E-state index is -0.657. The van der Waals surface area contributed by atoms with Gasteiger partial charge in [0.2, 0.25) is 0 Å². The fourth-order valence-corrected chi connectivity index (χ4v) is 4.23. The number of hydrogen-bond acceptors (Lipinski definition) is 4. The topological polar surface area (TPSA) is 89.0 Å². The second-order valence-corrected chi connectivity index (χ2v) is 8.81. The molecule has 1 unspecified atom stereocenters. The van der Waals surface area contributed by atoms with Gasteiger partial charge >= 0.3 is 6.03 Å². The van der Waals surface area contributed by atoms with E-state index in [1.54, 1.807) is 6.07 Å². The van der Waals surface area contributed by atoms with Gasteiger partial charge in [0.15, 0.2) is 5.96 Å². The van der Waals surface area contributed by atoms with E-state index in [-0.39, 0.29) is 6.03 Å². The first-order chi connectivity index (χ1) is 14.5. The molecule has 0 spiro atoms. The molecule has 2 amide bonds. The number of nitrogens with zero attached hydrogens (tertiary/aromatic N) is 2. The number of aliphatic hydroxyl groups excluding tert-OH is 1. The highest BCUT2D eigenvalue weighted by molar-refractivity contribution is 7.16. The molecule has 162 valence electrons. The van der Waals surface area contributed by atoms with Gasteiger partial charge in [-0.2, -0.15) is 0 Å².